The van der Waals surface area contributed by atoms with Crippen molar-refractivity contribution in [2.75, 3.05) is 0 Å². The Morgan fingerprint density at radius 1 is 1.43 bits per heavy atom. The topological polar surface area (TPSA) is 43.8 Å². The monoisotopic (exact) mass is 195 g/mol. The second-order valence-corrected chi connectivity index (χ2v) is 3.79. The Morgan fingerprint density at radius 2 is 2.21 bits per heavy atom. The van der Waals surface area contributed by atoms with Gasteiger partial charge in [-0.2, -0.15) is 5.10 Å². The van der Waals surface area contributed by atoms with Crippen LogP contribution < -0.4 is 5.73 Å². The molecule has 80 valence electrons. The fourth-order valence-electron chi connectivity index (χ4n) is 1.58. The Morgan fingerprint density at radius 3 is 2.79 bits per heavy atom. The molecular weight excluding hydrogens is 174 g/mol. The normalized spacial score (nSPS) is 13.1. The molecule has 0 bridgehead atoms. The maximum atomic E-state index is 5.94. The quantitative estimate of drug-likeness (QED) is 0.754. The Bertz CT molecular complexity index is 255. The van der Waals surface area contributed by atoms with E-state index < -0.39 is 0 Å². The van der Waals surface area contributed by atoms with Crippen LogP contribution in [0.1, 0.15) is 38.7 Å². The zero-order valence-electron chi connectivity index (χ0n) is 9.24. The minimum atomic E-state index is 0.352. The third-order valence-electron chi connectivity index (χ3n) is 2.47. The van der Waals surface area contributed by atoms with E-state index in [0.29, 0.717) is 6.04 Å². The van der Waals surface area contributed by atoms with Crippen LogP contribution in [-0.4, -0.2) is 15.8 Å². The Labute approximate surface area is 86.3 Å². The highest BCUT2D eigenvalue weighted by molar-refractivity contribution is 5.04. The van der Waals surface area contributed by atoms with Crippen LogP contribution in [0.15, 0.2) is 12.4 Å². The van der Waals surface area contributed by atoms with Crippen molar-refractivity contribution in [2.45, 2.75) is 52.1 Å². The molecule has 1 heterocycles. The van der Waals surface area contributed by atoms with E-state index in [0.717, 1.165) is 25.8 Å². The molecule has 1 aromatic heterocycles. The van der Waals surface area contributed by atoms with Crippen molar-refractivity contribution < 1.29 is 0 Å². The predicted octanol–water partition coefficient (Wildman–Crippen LogP) is 1.96. The molecule has 0 radical (unpaired) electrons. The van der Waals surface area contributed by atoms with Crippen LogP contribution in [0.25, 0.3) is 0 Å². The molecule has 3 nitrogen and oxygen atoms in total. The van der Waals surface area contributed by atoms with Gasteiger partial charge in [0.2, 0.25) is 0 Å². The van der Waals surface area contributed by atoms with Crippen molar-refractivity contribution in [1.82, 2.24) is 9.78 Å². The average Bonchev–Trinajstić information content (AvgIpc) is 2.63. The fraction of sp³-hybridized carbons (Fsp3) is 0.727. The zero-order chi connectivity index (χ0) is 10.4. The van der Waals surface area contributed by atoms with Gasteiger partial charge in [-0.3, -0.25) is 4.68 Å². The summed E-state index contributed by atoms with van der Waals surface area (Å²) in [5.41, 5.74) is 7.25. The van der Waals surface area contributed by atoms with Gasteiger partial charge >= 0.3 is 0 Å². The van der Waals surface area contributed by atoms with Crippen molar-refractivity contribution >= 4 is 0 Å². The van der Waals surface area contributed by atoms with Crippen LogP contribution in [0, 0.1) is 0 Å². The molecule has 0 saturated heterocycles. The second kappa shape index (κ2) is 5.81. The summed E-state index contributed by atoms with van der Waals surface area (Å²) in [6.07, 6.45) is 8.49. The Balaban J connectivity index is 2.30. The van der Waals surface area contributed by atoms with Crippen molar-refractivity contribution in [2.24, 2.45) is 5.73 Å². The van der Waals surface area contributed by atoms with Gasteiger partial charge in [0.05, 0.1) is 6.20 Å². The first-order valence-electron chi connectivity index (χ1n) is 5.53. The molecule has 0 saturated carbocycles. The van der Waals surface area contributed by atoms with Crippen LogP contribution in [-0.2, 0) is 13.0 Å². The highest BCUT2D eigenvalue weighted by atomic mass is 15.3. The van der Waals surface area contributed by atoms with E-state index in [1.165, 1.54) is 12.0 Å². The van der Waals surface area contributed by atoms with Crippen molar-refractivity contribution in [1.29, 1.82) is 0 Å². The molecule has 2 N–H and O–H groups in total. The van der Waals surface area contributed by atoms with Gasteiger partial charge in [0.25, 0.3) is 0 Å². The second-order valence-electron chi connectivity index (χ2n) is 3.79. The lowest BCUT2D eigenvalue weighted by molar-refractivity contribution is 0.560. The minimum Gasteiger partial charge on any atom is -0.328 e. The van der Waals surface area contributed by atoms with Gasteiger partial charge in [0.1, 0.15) is 0 Å². The third kappa shape index (κ3) is 3.50. The predicted molar refractivity (Wildman–Crippen MR) is 59.1 cm³/mol. The third-order valence-corrected chi connectivity index (χ3v) is 2.47. The maximum Gasteiger partial charge on any atom is 0.0521 e. The number of nitrogens with zero attached hydrogens (tertiary/aromatic N) is 2. The lowest BCUT2D eigenvalue weighted by atomic mass is 10.1. The van der Waals surface area contributed by atoms with E-state index in [1.807, 2.05) is 10.9 Å². The van der Waals surface area contributed by atoms with Gasteiger partial charge in [0.15, 0.2) is 0 Å². The molecule has 1 rings (SSSR count). The van der Waals surface area contributed by atoms with Crippen LogP contribution in [0.5, 0.6) is 0 Å². The average molecular weight is 195 g/mol. The summed E-state index contributed by atoms with van der Waals surface area (Å²) in [5.74, 6) is 0. The van der Waals surface area contributed by atoms with Gasteiger partial charge in [-0.25, -0.2) is 0 Å². The van der Waals surface area contributed by atoms with E-state index in [-0.39, 0.29) is 0 Å². The first-order valence-corrected chi connectivity index (χ1v) is 5.53. The molecule has 3 heteroatoms. The number of hydrogen-bond donors (Lipinski definition) is 1. The molecular formula is C11H21N3. The molecule has 1 unspecified atom stereocenters. The van der Waals surface area contributed by atoms with Gasteiger partial charge in [-0.05, 0) is 31.7 Å². The summed E-state index contributed by atoms with van der Waals surface area (Å²) >= 11 is 0. The van der Waals surface area contributed by atoms with Crippen molar-refractivity contribution in [3.63, 3.8) is 0 Å². The largest absolute Gasteiger partial charge is 0.328 e. The van der Waals surface area contributed by atoms with Gasteiger partial charge in [-0.1, -0.05) is 13.3 Å². The zero-order valence-corrected chi connectivity index (χ0v) is 9.24. The SMILES string of the molecule is CCCC(N)CCc1cnn(CC)c1. The summed E-state index contributed by atoms with van der Waals surface area (Å²) < 4.78 is 1.96. The highest BCUT2D eigenvalue weighted by Gasteiger charge is 2.03. The number of nitrogens with two attached hydrogens (primary N) is 1. The van der Waals surface area contributed by atoms with Crippen LogP contribution in [0.2, 0.25) is 0 Å². The molecule has 1 aromatic rings. The smallest absolute Gasteiger partial charge is 0.0521 e. The molecule has 0 aliphatic heterocycles. The van der Waals surface area contributed by atoms with E-state index in [2.05, 4.69) is 25.1 Å². The Hall–Kier alpha value is -0.830. The molecule has 1 atom stereocenters. The summed E-state index contributed by atoms with van der Waals surface area (Å²) in [6, 6.07) is 0.352. The van der Waals surface area contributed by atoms with Crippen molar-refractivity contribution in [3.05, 3.63) is 18.0 Å². The number of hydrogen-bond acceptors (Lipinski definition) is 2. The van der Waals surface area contributed by atoms with E-state index >= 15 is 0 Å². The molecule has 0 aliphatic carbocycles. The lowest BCUT2D eigenvalue weighted by Gasteiger charge is -2.08. The van der Waals surface area contributed by atoms with Gasteiger partial charge in [-0.15, -0.1) is 0 Å². The minimum absolute atomic E-state index is 0.352. The van der Waals surface area contributed by atoms with Crippen LogP contribution in [0.3, 0.4) is 0 Å². The summed E-state index contributed by atoms with van der Waals surface area (Å²) in [4.78, 5) is 0. The number of rotatable bonds is 6. The molecule has 0 fully saturated rings. The Kier molecular flexibility index (Phi) is 4.66. The molecule has 0 aromatic carbocycles. The number of aryl methyl sites for hydroxylation is 2. The van der Waals surface area contributed by atoms with E-state index in [4.69, 9.17) is 5.73 Å². The van der Waals surface area contributed by atoms with Crippen LogP contribution in [0.4, 0.5) is 0 Å². The van der Waals surface area contributed by atoms with E-state index in [1.54, 1.807) is 0 Å². The molecule has 0 aliphatic rings. The molecule has 0 amide bonds. The first-order chi connectivity index (χ1) is 6.76. The standard InChI is InChI=1S/C11H21N3/c1-3-5-11(12)7-6-10-8-13-14(4-2)9-10/h8-9,11H,3-7,12H2,1-2H3. The van der Waals surface area contributed by atoms with Crippen LogP contribution >= 0.6 is 0 Å². The summed E-state index contributed by atoms with van der Waals surface area (Å²) in [5, 5.41) is 4.23. The summed E-state index contributed by atoms with van der Waals surface area (Å²) in [7, 11) is 0. The first kappa shape index (κ1) is 11.2. The number of aromatic nitrogens is 2. The fourth-order valence-corrected chi connectivity index (χ4v) is 1.58. The molecule has 0 spiro atoms. The maximum absolute atomic E-state index is 5.94. The van der Waals surface area contributed by atoms with Crippen molar-refractivity contribution in [3.8, 4) is 0 Å². The van der Waals surface area contributed by atoms with E-state index in [9.17, 15) is 0 Å². The molecule has 14 heavy (non-hydrogen) atoms. The highest BCUT2D eigenvalue weighted by Crippen LogP contribution is 2.06. The van der Waals surface area contributed by atoms with Gasteiger partial charge in [0, 0.05) is 18.8 Å². The summed E-state index contributed by atoms with van der Waals surface area (Å²) in [6.45, 7) is 5.22. The van der Waals surface area contributed by atoms with Gasteiger partial charge < -0.3 is 5.73 Å². The lowest BCUT2D eigenvalue weighted by Crippen LogP contribution is -2.19.